The minimum Gasteiger partial charge on any atom is -0.481 e. The van der Waals surface area contributed by atoms with E-state index in [1.807, 2.05) is 0 Å². The average Bonchev–Trinajstić information content (AvgIpc) is 2.75. The Hall–Kier alpha value is -0.610. The van der Waals surface area contributed by atoms with E-state index in [-0.39, 0.29) is 5.92 Å². The van der Waals surface area contributed by atoms with Gasteiger partial charge in [0, 0.05) is 13.1 Å². The summed E-state index contributed by atoms with van der Waals surface area (Å²) in [6, 6.07) is 0. The van der Waals surface area contributed by atoms with Gasteiger partial charge >= 0.3 is 5.97 Å². The lowest BCUT2D eigenvalue weighted by atomic mass is 10.0. The Balaban J connectivity index is 1.84. The fourth-order valence-corrected chi connectivity index (χ4v) is 2.79. The third-order valence-electron chi connectivity index (χ3n) is 3.67. The van der Waals surface area contributed by atoms with Crippen LogP contribution in [0, 0.1) is 5.92 Å². The van der Waals surface area contributed by atoms with Crippen molar-refractivity contribution in [2.45, 2.75) is 37.7 Å². The van der Waals surface area contributed by atoms with Crippen LogP contribution in [-0.4, -0.2) is 46.3 Å². The van der Waals surface area contributed by atoms with Crippen molar-refractivity contribution in [1.29, 1.82) is 0 Å². The van der Waals surface area contributed by atoms with Gasteiger partial charge in [0.2, 0.25) is 0 Å². The summed E-state index contributed by atoms with van der Waals surface area (Å²) in [6.45, 7) is 2.09. The van der Waals surface area contributed by atoms with E-state index >= 15 is 0 Å². The van der Waals surface area contributed by atoms with Gasteiger partial charge in [-0.05, 0) is 25.8 Å². The standard InChI is InChI=1S/C11H19NO3/c13-10(14)9-3-6-12(7-9)8-11(15)4-1-2-5-11/h9,15H,1-8H2,(H,13,14). The number of β-amino-alcohol motifs (C(OH)–C–C–N with tert-alkyl or cyclic N) is 1. The number of carboxylic acids is 1. The molecule has 2 fully saturated rings. The molecule has 2 N–H and O–H groups in total. The summed E-state index contributed by atoms with van der Waals surface area (Å²) in [5.74, 6) is -0.925. The van der Waals surface area contributed by atoms with E-state index in [2.05, 4.69) is 4.90 Å². The molecule has 1 heterocycles. The lowest BCUT2D eigenvalue weighted by molar-refractivity contribution is -0.141. The van der Waals surface area contributed by atoms with Crippen LogP contribution >= 0.6 is 0 Å². The first-order chi connectivity index (χ1) is 7.09. The van der Waals surface area contributed by atoms with Gasteiger partial charge in [-0.3, -0.25) is 9.69 Å². The van der Waals surface area contributed by atoms with Crippen LogP contribution < -0.4 is 0 Å². The van der Waals surface area contributed by atoms with E-state index in [9.17, 15) is 9.90 Å². The number of aliphatic carboxylic acids is 1. The Morgan fingerprint density at radius 3 is 2.60 bits per heavy atom. The van der Waals surface area contributed by atoms with Crippen molar-refractivity contribution in [3.05, 3.63) is 0 Å². The number of hydrogen-bond acceptors (Lipinski definition) is 3. The maximum Gasteiger partial charge on any atom is 0.307 e. The molecule has 2 aliphatic rings. The molecule has 0 bridgehead atoms. The molecule has 4 heteroatoms. The SMILES string of the molecule is O=C(O)C1CCN(CC2(O)CCCC2)C1. The van der Waals surface area contributed by atoms with Gasteiger partial charge in [0.05, 0.1) is 11.5 Å². The number of rotatable bonds is 3. The van der Waals surface area contributed by atoms with E-state index in [1.165, 1.54) is 0 Å². The van der Waals surface area contributed by atoms with Gasteiger partial charge in [0.25, 0.3) is 0 Å². The quantitative estimate of drug-likeness (QED) is 0.724. The average molecular weight is 213 g/mol. The number of nitrogens with zero attached hydrogens (tertiary/aromatic N) is 1. The van der Waals surface area contributed by atoms with Crippen molar-refractivity contribution in [1.82, 2.24) is 4.90 Å². The monoisotopic (exact) mass is 213 g/mol. The fraction of sp³-hybridized carbons (Fsp3) is 0.909. The molecule has 1 unspecified atom stereocenters. The molecule has 0 aromatic heterocycles. The highest BCUT2D eigenvalue weighted by molar-refractivity contribution is 5.70. The fourth-order valence-electron chi connectivity index (χ4n) is 2.79. The molecule has 0 amide bonds. The largest absolute Gasteiger partial charge is 0.481 e. The van der Waals surface area contributed by atoms with Gasteiger partial charge in [-0.15, -0.1) is 0 Å². The van der Waals surface area contributed by atoms with Crippen molar-refractivity contribution in [3.8, 4) is 0 Å². The summed E-state index contributed by atoms with van der Waals surface area (Å²) in [4.78, 5) is 12.9. The smallest absolute Gasteiger partial charge is 0.307 e. The molecule has 15 heavy (non-hydrogen) atoms. The molecule has 0 aromatic carbocycles. The Morgan fingerprint density at radius 1 is 1.40 bits per heavy atom. The molecular weight excluding hydrogens is 194 g/mol. The zero-order chi connectivity index (χ0) is 10.9. The van der Waals surface area contributed by atoms with Crippen molar-refractivity contribution in [3.63, 3.8) is 0 Å². The van der Waals surface area contributed by atoms with E-state index in [0.717, 1.165) is 38.6 Å². The normalized spacial score (nSPS) is 30.9. The predicted molar refractivity (Wildman–Crippen MR) is 55.6 cm³/mol. The zero-order valence-corrected chi connectivity index (χ0v) is 8.98. The topological polar surface area (TPSA) is 60.8 Å². The van der Waals surface area contributed by atoms with Gasteiger partial charge in [-0.25, -0.2) is 0 Å². The number of likely N-dealkylation sites (tertiary alicyclic amines) is 1. The maximum atomic E-state index is 10.8. The number of aliphatic hydroxyl groups is 1. The molecule has 0 radical (unpaired) electrons. The second-order valence-corrected chi connectivity index (χ2v) is 4.99. The van der Waals surface area contributed by atoms with Crippen LogP contribution in [0.25, 0.3) is 0 Å². The van der Waals surface area contributed by atoms with Gasteiger partial charge in [-0.2, -0.15) is 0 Å². The second kappa shape index (κ2) is 4.10. The van der Waals surface area contributed by atoms with Crippen LogP contribution in [0.2, 0.25) is 0 Å². The van der Waals surface area contributed by atoms with Crippen LogP contribution in [0.1, 0.15) is 32.1 Å². The highest BCUT2D eigenvalue weighted by Gasteiger charge is 2.36. The molecule has 1 saturated carbocycles. The van der Waals surface area contributed by atoms with Gasteiger partial charge < -0.3 is 10.2 Å². The van der Waals surface area contributed by atoms with Gasteiger partial charge in [0.1, 0.15) is 0 Å². The predicted octanol–water partition coefficient (Wildman–Crippen LogP) is 0.698. The molecule has 4 nitrogen and oxygen atoms in total. The number of carboxylic acid groups (broad SMARTS) is 1. The summed E-state index contributed by atoms with van der Waals surface area (Å²) in [7, 11) is 0. The zero-order valence-electron chi connectivity index (χ0n) is 8.98. The first-order valence-corrected chi connectivity index (χ1v) is 5.77. The maximum absolute atomic E-state index is 10.8. The lowest BCUT2D eigenvalue weighted by Gasteiger charge is -2.28. The van der Waals surface area contributed by atoms with E-state index in [0.29, 0.717) is 13.1 Å². The van der Waals surface area contributed by atoms with Crippen LogP contribution in [0.3, 0.4) is 0 Å². The van der Waals surface area contributed by atoms with Gasteiger partial charge in [-0.1, -0.05) is 12.8 Å². The molecule has 1 aliphatic heterocycles. The highest BCUT2D eigenvalue weighted by Crippen LogP contribution is 2.31. The molecule has 0 spiro atoms. The Bertz CT molecular complexity index is 248. The van der Waals surface area contributed by atoms with E-state index in [1.54, 1.807) is 0 Å². The minimum atomic E-state index is -0.698. The summed E-state index contributed by atoms with van der Waals surface area (Å²) in [5, 5.41) is 19.1. The molecular formula is C11H19NO3. The second-order valence-electron chi connectivity index (χ2n) is 4.99. The van der Waals surface area contributed by atoms with Crippen LogP contribution in [-0.2, 0) is 4.79 Å². The van der Waals surface area contributed by atoms with Crippen molar-refractivity contribution in [2.75, 3.05) is 19.6 Å². The summed E-state index contributed by atoms with van der Waals surface area (Å²) in [5.41, 5.74) is -0.534. The third-order valence-corrected chi connectivity index (χ3v) is 3.67. The lowest BCUT2D eigenvalue weighted by Crippen LogP contribution is -2.40. The van der Waals surface area contributed by atoms with Crippen molar-refractivity contribution >= 4 is 5.97 Å². The third kappa shape index (κ3) is 2.49. The summed E-state index contributed by atoms with van der Waals surface area (Å²) < 4.78 is 0. The Labute approximate surface area is 89.9 Å². The number of hydrogen-bond donors (Lipinski definition) is 2. The van der Waals surface area contributed by atoms with Gasteiger partial charge in [0.15, 0.2) is 0 Å². The summed E-state index contributed by atoms with van der Waals surface area (Å²) in [6.07, 6.45) is 4.69. The molecule has 1 atom stereocenters. The Morgan fingerprint density at radius 2 is 2.07 bits per heavy atom. The van der Waals surface area contributed by atoms with E-state index in [4.69, 9.17) is 5.11 Å². The summed E-state index contributed by atoms with van der Waals surface area (Å²) >= 11 is 0. The minimum absolute atomic E-state index is 0.227. The number of carbonyl (C=O) groups is 1. The Kier molecular flexibility index (Phi) is 2.98. The first-order valence-electron chi connectivity index (χ1n) is 5.77. The highest BCUT2D eigenvalue weighted by atomic mass is 16.4. The molecule has 86 valence electrons. The van der Waals surface area contributed by atoms with Crippen molar-refractivity contribution in [2.24, 2.45) is 5.92 Å². The van der Waals surface area contributed by atoms with Crippen molar-refractivity contribution < 1.29 is 15.0 Å². The van der Waals surface area contributed by atoms with E-state index < -0.39 is 11.6 Å². The first kappa shape index (κ1) is 10.9. The molecule has 1 aliphatic carbocycles. The van der Waals surface area contributed by atoms with Crippen LogP contribution in [0.15, 0.2) is 0 Å². The molecule has 0 aromatic rings. The molecule has 2 rings (SSSR count). The molecule has 1 saturated heterocycles. The van der Waals surface area contributed by atoms with Crippen LogP contribution in [0.4, 0.5) is 0 Å². The van der Waals surface area contributed by atoms with Crippen LogP contribution in [0.5, 0.6) is 0 Å².